The molecule has 7 heteroatoms. The molecule has 1 aromatic rings. The molecule has 1 fully saturated rings. The first kappa shape index (κ1) is 14.5. The zero-order valence-electron chi connectivity index (χ0n) is 10.7. The lowest BCUT2D eigenvalue weighted by molar-refractivity contribution is 0.0894. The SMILES string of the molecule is O=C(O)N1CCC(Oc2cccc(Cl)c2/C=N\O)CC1. The zero-order chi connectivity index (χ0) is 14.5. The van der Waals surface area contributed by atoms with E-state index in [2.05, 4.69) is 5.16 Å². The Labute approximate surface area is 121 Å². The second-order valence-electron chi connectivity index (χ2n) is 4.48. The van der Waals surface area contributed by atoms with Crippen LogP contribution in [0.15, 0.2) is 23.4 Å². The number of amides is 1. The normalized spacial score (nSPS) is 16.6. The van der Waals surface area contributed by atoms with Crippen LogP contribution in [0, 0.1) is 0 Å². The summed E-state index contributed by atoms with van der Waals surface area (Å²) in [5, 5.41) is 21.0. The molecule has 108 valence electrons. The third-order valence-corrected chi connectivity index (χ3v) is 3.54. The van der Waals surface area contributed by atoms with Crippen molar-refractivity contribution in [3.8, 4) is 5.75 Å². The molecule has 0 bridgehead atoms. The molecule has 0 atom stereocenters. The molecule has 0 aliphatic carbocycles. The summed E-state index contributed by atoms with van der Waals surface area (Å²) in [6.07, 6.45) is 1.49. The van der Waals surface area contributed by atoms with E-state index >= 15 is 0 Å². The van der Waals surface area contributed by atoms with Gasteiger partial charge in [-0.3, -0.25) is 0 Å². The Morgan fingerprint density at radius 3 is 2.75 bits per heavy atom. The molecule has 1 aromatic carbocycles. The quantitative estimate of drug-likeness (QED) is 0.510. The molecule has 1 aliphatic heterocycles. The lowest BCUT2D eigenvalue weighted by Crippen LogP contribution is -2.41. The van der Waals surface area contributed by atoms with E-state index in [0.717, 1.165) is 0 Å². The Bertz CT molecular complexity index is 513. The summed E-state index contributed by atoms with van der Waals surface area (Å²) in [4.78, 5) is 12.2. The van der Waals surface area contributed by atoms with Crippen molar-refractivity contribution in [1.82, 2.24) is 4.90 Å². The second kappa shape index (κ2) is 6.47. The van der Waals surface area contributed by atoms with E-state index in [1.54, 1.807) is 18.2 Å². The van der Waals surface area contributed by atoms with Crippen LogP contribution in [0.5, 0.6) is 5.75 Å². The number of piperidine rings is 1. The highest BCUT2D eigenvalue weighted by molar-refractivity contribution is 6.33. The minimum Gasteiger partial charge on any atom is -0.490 e. The molecule has 1 aliphatic rings. The fourth-order valence-electron chi connectivity index (χ4n) is 2.15. The van der Waals surface area contributed by atoms with Gasteiger partial charge in [-0.25, -0.2) is 4.79 Å². The molecule has 1 saturated heterocycles. The van der Waals surface area contributed by atoms with Crippen LogP contribution in [0.4, 0.5) is 4.79 Å². The van der Waals surface area contributed by atoms with Crippen molar-refractivity contribution in [2.75, 3.05) is 13.1 Å². The number of hydrogen-bond donors (Lipinski definition) is 2. The maximum Gasteiger partial charge on any atom is 0.407 e. The van der Waals surface area contributed by atoms with Crippen molar-refractivity contribution in [1.29, 1.82) is 0 Å². The van der Waals surface area contributed by atoms with Crippen LogP contribution in [-0.2, 0) is 0 Å². The van der Waals surface area contributed by atoms with E-state index in [4.69, 9.17) is 26.7 Å². The van der Waals surface area contributed by atoms with Gasteiger partial charge in [-0.15, -0.1) is 0 Å². The molecule has 0 saturated carbocycles. The van der Waals surface area contributed by atoms with Gasteiger partial charge in [0.1, 0.15) is 11.9 Å². The minimum absolute atomic E-state index is 0.0742. The molecule has 0 radical (unpaired) electrons. The highest BCUT2D eigenvalue weighted by atomic mass is 35.5. The van der Waals surface area contributed by atoms with Gasteiger partial charge in [0.15, 0.2) is 0 Å². The summed E-state index contributed by atoms with van der Waals surface area (Å²) in [5.74, 6) is 0.532. The standard InChI is InChI=1S/C13H15ClN2O4/c14-11-2-1-3-12(10(11)8-15-19)20-9-4-6-16(7-5-9)13(17)18/h1-3,8-9,19H,4-7H2,(H,17,18)/b15-8-. The Balaban J connectivity index is 2.05. The summed E-state index contributed by atoms with van der Waals surface area (Å²) in [6, 6.07) is 5.17. The molecule has 6 nitrogen and oxygen atoms in total. The number of hydrogen-bond acceptors (Lipinski definition) is 4. The number of rotatable bonds is 3. The van der Waals surface area contributed by atoms with E-state index < -0.39 is 6.09 Å². The Kier molecular flexibility index (Phi) is 4.68. The average molecular weight is 299 g/mol. The van der Waals surface area contributed by atoms with Crippen LogP contribution >= 0.6 is 11.6 Å². The van der Waals surface area contributed by atoms with Gasteiger partial charge in [0.2, 0.25) is 0 Å². The summed E-state index contributed by atoms with van der Waals surface area (Å²) in [6.45, 7) is 0.897. The molecule has 2 rings (SSSR count). The molecule has 1 heterocycles. The predicted octanol–water partition coefficient (Wildman–Crippen LogP) is 2.67. The Morgan fingerprint density at radius 1 is 1.45 bits per heavy atom. The fraction of sp³-hybridized carbons (Fsp3) is 0.385. The Hall–Kier alpha value is -1.95. The molecule has 0 aromatic heterocycles. The van der Waals surface area contributed by atoms with E-state index in [1.807, 2.05) is 0 Å². The lowest BCUT2D eigenvalue weighted by atomic mass is 10.1. The van der Waals surface area contributed by atoms with Crippen LogP contribution < -0.4 is 4.74 Å². The topological polar surface area (TPSA) is 82.4 Å². The van der Waals surface area contributed by atoms with Crippen molar-refractivity contribution in [3.05, 3.63) is 28.8 Å². The fourth-order valence-corrected chi connectivity index (χ4v) is 2.36. The van der Waals surface area contributed by atoms with Crippen LogP contribution in [0.2, 0.25) is 5.02 Å². The molecular weight excluding hydrogens is 284 g/mol. The average Bonchev–Trinajstić information content (AvgIpc) is 2.43. The van der Waals surface area contributed by atoms with Crippen LogP contribution in [-0.4, -0.2) is 46.7 Å². The van der Waals surface area contributed by atoms with E-state index in [-0.39, 0.29) is 6.10 Å². The number of oxime groups is 1. The van der Waals surface area contributed by atoms with Gasteiger partial charge in [-0.2, -0.15) is 0 Å². The van der Waals surface area contributed by atoms with Crippen molar-refractivity contribution in [3.63, 3.8) is 0 Å². The number of ether oxygens (including phenoxy) is 1. The zero-order valence-corrected chi connectivity index (χ0v) is 11.5. The van der Waals surface area contributed by atoms with Gasteiger partial charge in [-0.05, 0) is 12.1 Å². The number of carboxylic acid groups (broad SMARTS) is 1. The highest BCUT2D eigenvalue weighted by Crippen LogP contribution is 2.27. The first-order chi connectivity index (χ1) is 9.61. The molecule has 20 heavy (non-hydrogen) atoms. The predicted molar refractivity (Wildman–Crippen MR) is 74.1 cm³/mol. The molecular formula is C13H15ClN2O4. The van der Waals surface area contributed by atoms with Gasteiger partial charge in [0, 0.05) is 25.9 Å². The second-order valence-corrected chi connectivity index (χ2v) is 4.89. The maximum atomic E-state index is 10.8. The number of nitrogens with zero attached hydrogens (tertiary/aromatic N) is 2. The number of likely N-dealkylation sites (tertiary alicyclic amines) is 1. The largest absolute Gasteiger partial charge is 0.490 e. The number of benzene rings is 1. The summed E-state index contributed by atoms with van der Waals surface area (Å²) >= 11 is 6.02. The van der Waals surface area contributed by atoms with Gasteiger partial charge < -0.3 is 20.0 Å². The molecule has 1 amide bonds. The summed E-state index contributed by atoms with van der Waals surface area (Å²) in [7, 11) is 0. The van der Waals surface area contributed by atoms with Gasteiger partial charge >= 0.3 is 6.09 Å². The number of carbonyl (C=O) groups is 1. The van der Waals surface area contributed by atoms with Crippen LogP contribution in [0.25, 0.3) is 0 Å². The summed E-state index contributed by atoms with van der Waals surface area (Å²) < 4.78 is 5.84. The first-order valence-corrected chi connectivity index (χ1v) is 6.60. The monoisotopic (exact) mass is 298 g/mol. The van der Waals surface area contributed by atoms with E-state index in [0.29, 0.717) is 42.3 Å². The van der Waals surface area contributed by atoms with Gasteiger partial charge in [0.05, 0.1) is 16.8 Å². The molecule has 0 unspecified atom stereocenters. The minimum atomic E-state index is -0.903. The van der Waals surface area contributed by atoms with Crippen molar-refractivity contribution < 1.29 is 19.8 Å². The Morgan fingerprint density at radius 2 is 2.15 bits per heavy atom. The molecule has 0 spiro atoms. The van der Waals surface area contributed by atoms with E-state index in [1.165, 1.54) is 11.1 Å². The van der Waals surface area contributed by atoms with E-state index in [9.17, 15) is 4.79 Å². The third kappa shape index (κ3) is 3.33. The van der Waals surface area contributed by atoms with Crippen molar-refractivity contribution in [2.24, 2.45) is 5.16 Å². The first-order valence-electron chi connectivity index (χ1n) is 6.22. The van der Waals surface area contributed by atoms with Gasteiger partial charge in [-0.1, -0.05) is 22.8 Å². The van der Waals surface area contributed by atoms with Crippen LogP contribution in [0.3, 0.4) is 0 Å². The lowest BCUT2D eigenvalue weighted by Gasteiger charge is -2.30. The molecule has 2 N–H and O–H groups in total. The van der Waals surface area contributed by atoms with Gasteiger partial charge in [0.25, 0.3) is 0 Å². The maximum absolute atomic E-state index is 10.8. The van der Waals surface area contributed by atoms with Crippen molar-refractivity contribution >= 4 is 23.9 Å². The van der Waals surface area contributed by atoms with Crippen LogP contribution in [0.1, 0.15) is 18.4 Å². The highest BCUT2D eigenvalue weighted by Gasteiger charge is 2.24. The summed E-state index contributed by atoms with van der Waals surface area (Å²) in [5.41, 5.74) is 0.511. The third-order valence-electron chi connectivity index (χ3n) is 3.21. The van der Waals surface area contributed by atoms with Crippen molar-refractivity contribution in [2.45, 2.75) is 18.9 Å². The smallest absolute Gasteiger partial charge is 0.407 e. The number of halogens is 1.